The Hall–Kier alpha value is -2.90. The molecule has 3 aromatic carbocycles. The van der Waals surface area contributed by atoms with Gasteiger partial charge in [0.1, 0.15) is 17.6 Å². The van der Waals surface area contributed by atoms with E-state index in [0.29, 0.717) is 33.8 Å². The lowest BCUT2D eigenvalue weighted by molar-refractivity contribution is -0.142. The molecule has 0 aliphatic heterocycles. The fraction of sp³-hybridized carbons (Fsp3) is 0.231. The van der Waals surface area contributed by atoms with Crippen molar-refractivity contribution >= 4 is 39.3 Å². The Morgan fingerprint density at radius 1 is 1.06 bits per heavy atom. The lowest BCUT2D eigenvalue weighted by Crippen LogP contribution is -2.51. The summed E-state index contributed by atoms with van der Waals surface area (Å²) in [5.41, 5.74) is 1.61. The minimum absolute atomic E-state index is 0.124. The van der Waals surface area contributed by atoms with Gasteiger partial charge in [-0.2, -0.15) is 0 Å². The van der Waals surface area contributed by atoms with Gasteiger partial charge in [-0.1, -0.05) is 54.1 Å². The molecule has 0 aromatic heterocycles. The number of hydrogen-bond acceptors (Lipinski definition) is 3. The summed E-state index contributed by atoms with van der Waals surface area (Å²) in [6, 6.07) is 19.6. The number of ether oxygens (including phenoxy) is 1. The van der Waals surface area contributed by atoms with Gasteiger partial charge in [-0.05, 0) is 64.3 Å². The SMILES string of the molecule is CCNC(=O)[C@H](Cc1ccccc1)N(Cc1ccc(F)cc1)C(=O)COc1ccc(Cl)cc1Br. The molecule has 0 aliphatic carbocycles. The van der Waals surface area contributed by atoms with Crippen LogP contribution in [0.2, 0.25) is 5.02 Å². The predicted octanol–water partition coefficient (Wildman–Crippen LogP) is 5.40. The van der Waals surface area contributed by atoms with Crippen molar-refractivity contribution in [3.63, 3.8) is 0 Å². The van der Waals surface area contributed by atoms with Crippen molar-refractivity contribution in [2.24, 2.45) is 0 Å². The number of carbonyl (C=O) groups is 2. The number of halogens is 3. The summed E-state index contributed by atoms with van der Waals surface area (Å²) in [4.78, 5) is 28.0. The lowest BCUT2D eigenvalue weighted by Gasteiger charge is -2.31. The van der Waals surface area contributed by atoms with Gasteiger partial charge >= 0.3 is 0 Å². The van der Waals surface area contributed by atoms with Crippen LogP contribution in [0.4, 0.5) is 4.39 Å². The molecule has 8 heteroatoms. The van der Waals surface area contributed by atoms with Crippen LogP contribution < -0.4 is 10.1 Å². The largest absolute Gasteiger partial charge is 0.483 e. The molecule has 0 aliphatic rings. The van der Waals surface area contributed by atoms with Gasteiger partial charge in [-0.25, -0.2) is 4.39 Å². The first kappa shape index (κ1) is 25.7. The third kappa shape index (κ3) is 7.30. The molecule has 34 heavy (non-hydrogen) atoms. The Morgan fingerprint density at radius 2 is 1.76 bits per heavy atom. The summed E-state index contributed by atoms with van der Waals surface area (Å²) >= 11 is 9.36. The van der Waals surface area contributed by atoms with Gasteiger partial charge in [0.25, 0.3) is 5.91 Å². The second kappa shape index (κ2) is 12.5. The summed E-state index contributed by atoms with van der Waals surface area (Å²) in [5.74, 6) is -0.563. The summed E-state index contributed by atoms with van der Waals surface area (Å²) in [6.07, 6.45) is 0.324. The molecule has 1 N–H and O–H groups in total. The number of likely N-dealkylation sites (N-methyl/N-ethyl adjacent to an activating group) is 1. The number of rotatable bonds is 10. The van der Waals surface area contributed by atoms with E-state index in [9.17, 15) is 14.0 Å². The fourth-order valence-corrected chi connectivity index (χ4v) is 4.24. The summed E-state index contributed by atoms with van der Waals surface area (Å²) in [5, 5.41) is 3.36. The Balaban J connectivity index is 1.89. The van der Waals surface area contributed by atoms with Crippen molar-refractivity contribution in [1.29, 1.82) is 0 Å². The van der Waals surface area contributed by atoms with Gasteiger partial charge in [-0.3, -0.25) is 9.59 Å². The molecular formula is C26H25BrClFN2O3. The molecule has 3 rings (SSSR count). The van der Waals surface area contributed by atoms with Crippen molar-refractivity contribution < 1.29 is 18.7 Å². The molecule has 0 radical (unpaired) electrons. The highest BCUT2D eigenvalue weighted by molar-refractivity contribution is 9.10. The highest BCUT2D eigenvalue weighted by Gasteiger charge is 2.30. The van der Waals surface area contributed by atoms with Crippen LogP contribution in [0.15, 0.2) is 77.3 Å². The van der Waals surface area contributed by atoms with E-state index in [1.165, 1.54) is 17.0 Å². The fourth-order valence-electron chi connectivity index (χ4n) is 3.45. The van der Waals surface area contributed by atoms with Gasteiger partial charge in [-0.15, -0.1) is 0 Å². The summed E-state index contributed by atoms with van der Waals surface area (Å²) in [6.45, 7) is 2.09. The van der Waals surface area contributed by atoms with Crippen molar-refractivity contribution in [3.8, 4) is 5.75 Å². The maximum absolute atomic E-state index is 13.5. The van der Waals surface area contributed by atoms with E-state index in [4.69, 9.17) is 16.3 Å². The molecule has 5 nitrogen and oxygen atoms in total. The van der Waals surface area contributed by atoms with Gasteiger partial charge in [0.2, 0.25) is 5.91 Å². The molecule has 1 atom stereocenters. The Kier molecular flexibility index (Phi) is 9.48. The molecule has 0 bridgehead atoms. The molecule has 2 amide bonds. The van der Waals surface area contributed by atoms with Crippen LogP contribution in [0.3, 0.4) is 0 Å². The van der Waals surface area contributed by atoms with Crippen LogP contribution in [0, 0.1) is 5.82 Å². The standard InChI is InChI=1S/C26H25BrClFN2O3/c1-2-30-26(33)23(14-18-6-4-3-5-7-18)31(16-19-8-11-21(29)12-9-19)25(32)17-34-24-13-10-20(28)15-22(24)27/h3-13,15,23H,2,14,16-17H2,1H3,(H,30,33)/t23-/m0/s1. The zero-order chi connectivity index (χ0) is 24.5. The van der Waals surface area contributed by atoms with E-state index in [-0.39, 0.29) is 30.8 Å². The molecule has 0 unspecified atom stereocenters. The normalized spacial score (nSPS) is 11.5. The summed E-state index contributed by atoms with van der Waals surface area (Å²) in [7, 11) is 0. The van der Waals surface area contributed by atoms with Gasteiger partial charge in [0, 0.05) is 24.5 Å². The number of nitrogens with zero attached hydrogens (tertiary/aromatic N) is 1. The Morgan fingerprint density at radius 3 is 2.41 bits per heavy atom. The van der Waals surface area contributed by atoms with E-state index >= 15 is 0 Å². The highest BCUT2D eigenvalue weighted by atomic mass is 79.9. The second-order valence-electron chi connectivity index (χ2n) is 7.61. The highest BCUT2D eigenvalue weighted by Crippen LogP contribution is 2.28. The smallest absolute Gasteiger partial charge is 0.261 e. The van der Waals surface area contributed by atoms with E-state index in [0.717, 1.165) is 5.56 Å². The number of nitrogens with one attached hydrogen (secondary N) is 1. The minimum atomic E-state index is -0.780. The first-order valence-electron chi connectivity index (χ1n) is 10.8. The van der Waals surface area contributed by atoms with Crippen LogP contribution in [-0.4, -0.2) is 35.9 Å². The lowest BCUT2D eigenvalue weighted by atomic mass is 10.0. The third-order valence-electron chi connectivity index (χ3n) is 5.13. The Labute approximate surface area is 212 Å². The van der Waals surface area contributed by atoms with Crippen LogP contribution in [-0.2, 0) is 22.6 Å². The summed E-state index contributed by atoms with van der Waals surface area (Å²) < 4.78 is 19.8. The van der Waals surface area contributed by atoms with Crippen molar-refractivity contribution in [2.75, 3.05) is 13.2 Å². The van der Waals surface area contributed by atoms with Crippen LogP contribution in [0.5, 0.6) is 5.75 Å². The van der Waals surface area contributed by atoms with Crippen molar-refractivity contribution in [3.05, 3.63) is 99.2 Å². The first-order valence-corrected chi connectivity index (χ1v) is 12.0. The van der Waals surface area contributed by atoms with Crippen molar-refractivity contribution in [2.45, 2.75) is 25.9 Å². The molecule has 178 valence electrons. The van der Waals surface area contributed by atoms with Crippen LogP contribution in [0.25, 0.3) is 0 Å². The average Bonchev–Trinajstić information content (AvgIpc) is 2.82. The molecule has 0 spiro atoms. The molecule has 0 saturated carbocycles. The number of benzene rings is 3. The van der Waals surface area contributed by atoms with E-state index < -0.39 is 6.04 Å². The number of hydrogen-bond donors (Lipinski definition) is 1. The second-order valence-corrected chi connectivity index (χ2v) is 8.90. The predicted molar refractivity (Wildman–Crippen MR) is 134 cm³/mol. The average molecular weight is 548 g/mol. The molecule has 0 heterocycles. The molecule has 3 aromatic rings. The number of carbonyl (C=O) groups excluding carboxylic acids is 2. The van der Waals surface area contributed by atoms with E-state index in [1.807, 2.05) is 37.3 Å². The molecular weight excluding hydrogens is 523 g/mol. The minimum Gasteiger partial charge on any atom is -0.483 e. The topological polar surface area (TPSA) is 58.6 Å². The maximum Gasteiger partial charge on any atom is 0.261 e. The Bertz CT molecular complexity index is 1110. The van der Waals surface area contributed by atoms with Gasteiger partial charge < -0.3 is 15.0 Å². The van der Waals surface area contributed by atoms with Gasteiger partial charge in [0.15, 0.2) is 6.61 Å². The van der Waals surface area contributed by atoms with Crippen LogP contribution in [0.1, 0.15) is 18.1 Å². The molecule has 0 fully saturated rings. The zero-order valence-corrected chi connectivity index (χ0v) is 21.0. The third-order valence-corrected chi connectivity index (χ3v) is 5.99. The van der Waals surface area contributed by atoms with Crippen LogP contribution >= 0.6 is 27.5 Å². The number of amides is 2. The quantitative estimate of drug-likeness (QED) is 0.370. The molecule has 0 saturated heterocycles. The first-order chi connectivity index (χ1) is 16.4. The monoisotopic (exact) mass is 546 g/mol. The van der Waals surface area contributed by atoms with Gasteiger partial charge in [0.05, 0.1) is 4.47 Å². The maximum atomic E-state index is 13.5. The zero-order valence-electron chi connectivity index (χ0n) is 18.6. The van der Waals surface area contributed by atoms with Crippen molar-refractivity contribution in [1.82, 2.24) is 10.2 Å². The van der Waals surface area contributed by atoms with E-state index in [2.05, 4.69) is 21.2 Å². The van der Waals surface area contributed by atoms with E-state index in [1.54, 1.807) is 30.3 Å².